The van der Waals surface area contributed by atoms with E-state index in [4.69, 9.17) is 5.73 Å². The van der Waals surface area contributed by atoms with E-state index in [1.54, 1.807) is 0 Å². The first-order valence-electron chi connectivity index (χ1n) is 8.88. The third kappa shape index (κ3) is 2.81. The molecule has 2 aliphatic carbocycles. The van der Waals surface area contributed by atoms with Gasteiger partial charge in [-0.2, -0.15) is 0 Å². The number of amides is 3. The zero-order valence-corrected chi connectivity index (χ0v) is 13.8. The lowest BCUT2D eigenvalue weighted by molar-refractivity contribution is -0.140. The summed E-state index contributed by atoms with van der Waals surface area (Å²) in [6.07, 6.45) is 8.10. The van der Waals surface area contributed by atoms with Gasteiger partial charge in [-0.05, 0) is 37.5 Å². The van der Waals surface area contributed by atoms with E-state index in [0.717, 1.165) is 38.5 Å². The van der Waals surface area contributed by atoms with Crippen molar-refractivity contribution in [2.75, 3.05) is 6.54 Å². The molecule has 0 aromatic heterocycles. The first kappa shape index (κ1) is 16.2. The molecule has 0 aromatic carbocycles. The van der Waals surface area contributed by atoms with Gasteiger partial charge in [-0.1, -0.05) is 31.4 Å². The molecular weight excluding hydrogens is 292 g/mol. The van der Waals surface area contributed by atoms with E-state index in [0.29, 0.717) is 18.9 Å². The van der Waals surface area contributed by atoms with Gasteiger partial charge in [-0.3, -0.25) is 19.3 Å². The second-order valence-electron chi connectivity index (χ2n) is 7.15. The highest BCUT2D eigenvalue weighted by Gasteiger charge is 2.60. The Labute approximate surface area is 137 Å². The fraction of sp³-hybridized carbons (Fsp3) is 0.722. The number of carbonyl (C=O) groups excluding carboxylic acids is 3. The summed E-state index contributed by atoms with van der Waals surface area (Å²) in [4.78, 5) is 37.5. The third-order valence-corrected chi connectivity index (χ3v) is 5.66. The molecule has 3 aliphatic rings. The number of unbranched alkanes of at least 4 members (excludes halogenated alkanes) is 2. The highest BCUT2D eigenvalue weighted by atomic mass is 16.2. The predicted octanol–water partition coefficient (Wildman–Crippen LogP) is 2.01. The van der Waals surface area contributed by atoms with Crippen molar-refractivity contribution in [1.29, 1.82) is 0 Å². The average molecular weight is 318 g/mol. The van der Waals surface area contributed by atoms with Crippen LogP contribution in [0.3, 0.4) is 0 Å². The van der Waals surface area contributed by atoms with Gasteiger partial charge in [-0.25, -0.2) is 0 Å². The maximum Gasteiger partial charge on any atom is 0.233 e. The third-order valence-electron chi connectivity index (χ3n) is 5.66. The lowest BCUT2D eigenvalue weighted by Crippen LogP contribution is -2.34. The number of fused-ring (bicyclic) bond motifs is 5. The Balaban J connectivity index is 1.57. The molecule has 2 bridgehead atoms. The van der Waals surface area contributed by atoms with Crippen molar-refractivity contribution in [1.82, 2.24) is 4.90 Å². The molecule has 4 unspecified atom stereocenters. The summed E-state index contributed by atoms with van der Waals surface area (Å²) in [5.74, 6) is 0.185. The predicted molar refractivity (Wildman–Crippen MR) is 86.0 cm³/mol. The van der Waals surface area contributed by atoms with E-state index < -0.39 is 0 Å². The second-order valence-corrected chi connectivity index (χ2v) is 7.15. The summed E-state index contributed by atoms with van der Waals surface area (Å²) in [6, 6.07) is 0. The van der Waals surface area contributed by atoms with E-state index in [9.17, 15) is 14.4 Å². The van der Waals surface area contributed by atoms with Crippen LogP contribution in [-0.4, -0.2) is 29.2 Å². The maximum absolute atomic E-state index is 12.7. The molecule has 4 atom stereocenters. The zero-order valence-electron chi connectivity index (χ0n) is 13.8. The van der Waals surface area contributed by atoms with Crippen molar-refractivity contribution >= 4 is 17.7 Å². The van der Waals surface area contributed by atoms with Gasteiger partial charge in [-0.15, -0.1) is 0 Å². The number of allylic oxidation sites excluding steroid dienone is 2. The fourth-order valence-corrected chi connectivity index (χ4v) is 4.71. The largest absolute Gasteiger partial charge is 0.370 e. The van der Waals surface area contributed by atoms with Gasteiger partial charge in [0.2, 0.25) is 17.7 Å². The lowest BCUT2D eigenvalue weighted by atomic mass is 9.80. The highest BCUT2D eigenvalue weighted by molar-refractivity contribution is 6.06. The zero-order chi connectivity index (χ0) is 16.6. The van der Waals surface area contributed by atoms with Gasteiger partial charge >= 0.3 is 0 Å². The number of primary amides is 1. The number of rotatable bonds is 8. The molecule has 3 amide bonds. The molecule has 5 heteroatoms. The van der Waals surface area contributed by atoms with Crippen LogP contribution in [-0.2, 0) is 14.4 Å². The summed E-state index contributed by atoms with van der Waals surface area (Å²) in [5.41, 5.74) is 6.52. The molecule has 3 rings (SSSR count). The minimum absolute atomic E-state index is 0.0363. The Kier molecular flexibility index (Phi) is 4.55. The molecular formula is C18H26N2O3. The SMILES string of the molecule is CCCC1=CC2CC1C1C(=O)N(CCCCCC(N)=O)C(=O)C21. The standard InChI is InChI=1S/C18H26N2O3/c1-2-6-11-9-12-10-13(11)16-15(12)17(22)20(18(16)23)8-5-3-4-7-14(19)21/h9,12-13,15-16H,2-8,10H2,1H3,(H2,19,21). The minimum Gasteiger partial charge on any atom is -0.370 e. The summed E-state index contributed by atoms with van der Waals surface area (Å²) < 4.78 is 0. The molecule has 1 aliphatic heterocycles. The van der Waals surface area contributed by atoms with E-state index >= 15 is 0 Å². The first-order valence-corrected chi connectivity index (χ1v) is 8.88. The van der Waals surface area contributed by atoms with Crippen molar-refractivity contribution in [3.8, 4) is 0 Å². The Morgan fingerprint density at radius 1 is 1.22 bits per heavy atom. The van der Waals surface area contributed by atoms with Crippen LogP contribution >= 0.6 is 0 Å². The number of nitrogens with two attached hydrogens (primary N) is 1. The van der Waals surface area contributed by atoms with Crippen LogP contribution in [0, 0.1) is 23.7 Å². The summed E-state index contributed by atoms with van der Waals surface area (Å²) in [7, 11) is 0. The molecule has 2 fully saturated rings. The Morgan fingerprint density at radius 2 is 1.96 bits per heavy atom. The van der Waals surface area contributed by atoms with Crippen molar-refractivity contribution in [3.63, 3.8) is 0 Å². The fourth-order valence-electron chi connectivity index (χ4n) is 4.71. The van der Waals surface area contributed by atoms with Crippen LogP contribution < -0.4 is 5.73 Å². The molecule has 0 spiro atoms. The average Bonchev–Trinajstić information content (AvgIpc) is 3.13. The Bertz CT molecular complexity index is 554. The van der Waals surface area contributed by atoms with Gasteiger partial charge in [0.1, 0.15) is 0 Å². The number of nitrogens with zero attached hydrogens (tertiary/aromatic N) is 1. The van der Waals surface area contributed by atoms with Gasteiger partial charge < -0.3 is 5.73 Å². The summed E-state index contributed by atoms with van der Waals surface area (Å²) in [5, 5.41) is 0. The summed E-state index contributed by atoms with van der Waals surface area (Å²) >= 11 is 0. The molecule has 1 saturated carbocycles. The molecule has 0 radical (unpaired) electrons. The molecule has 0 aromatic rings. The Morgan fingerprint density at radius 3 is 2.65 bits per heavy atom. The Hall–Kier alpha value is -1.65. The van der Waals surface area contributed by atoms with Crippen molar-refractivity contribution in [3.05, 3.63) is 11.6 Å². The smallest absolute Gasteiger partial charge is 0.233 e. The van der Waals surface area contributed by atoms with Crippen LogP contribution in [0.4, 0.5) is 0 Å². The molecule has 1 saturated heterocycles. The van der Waals surface area contributed by atoms with E-state index in [1.807, 2.05) is 0 Å². The van der Waals surface area contributed by atoms with Crippen LogP contribution in [0.15, 0.2) is 11.6 Å². The second kappa shape index (κ2) is 6.46. The van der Waals surface area contributed by atoms with E-state index in [1.165, 1.54) is 10.5 Å². The minimum atomic E-state index is -0.293. The van der Waals surface area contributed by atoms with Crippen molar-refractivity contribution < 1.29 is 14.4 Å². The summed E-state index contributed by atoms with van der Waals surface area (Å²) in [6.45, 7) is 2.65. The maximum atomic E-state index is 12.7. The van der Waals surface area contributed by atoms with Gasteiger partial charge in [0.15, 0.2) is 0 Å². The van der Waals surface area contributed by atoms with Crippen LogP contribution in [0.1, 0.15) is 51.9 Å². The number of likely N-dealkylation sites (tertiary alicyclic amines) is 1. The first-order chi connectivity index (χ1) is 11.0. The normalized spacial score (nSPS) is 31.7. The number of imide groups is 1. The quantitative estimate of drug-likeness (QED) is 0.422. The number of hydrogen-bond acceptors (Lipinski definition) is 3. The van der Waals surface area contributed by atoms with Crippen molar-refractivity contribution in [2.45, 2.75) is 51.9 Å². The van der Waals surface area contributed by atoms with Crippen LogP contribution in [0.2, 0.25) is 0 Å². The van der Waals surface area contributed by atoms with Gasteiger partial charge in [0.25, 0.3) is 0 Å². The number of hydrogen-bond donors (Lipinski definition) is 1. The van der Waals surface area contributed by atoms with Crippen LogP contribution in [0.5, 0.6) is 0 Å². The van der Waals surface area contributed by atoms with Gasteiger partial charge in [0, 0.05) is 13.0 Å². The monoisotopic (exact) mass is 318 g/mol. The van der Waals surface area contributed by atoms with Crippen LogP contribution in [0.25, 0.3) is 0 Å². The number of carbonyl (C=O) groups is 3. The topological polar surface area (TPSA) is 80.5 Å². The lowest BCUT2D eigenvalue weighted by Gasteiger charge is -2.21. The van der Waals surface area contributed by atoms with Gasteiger partial charge in [0.05, 0.1) is 11.8 Å². The highest BCUT2D eigenvalue weighted by Crippen LogP contribution is 2.56. The van der Waals surface area contributed by atoms with Crippen molar-refractivity contribution in [2.24, 2.45) is 29.4 Å². The molecule has 126 valence electrons. The molecule has 1 heterocycles. The van der Waals surface area contributed by atoms with E-state index in [2.05, 4.69) is 13.0 Å². The molecule has 5 nitrogen and oxygen atoms in total. The molecule has 2 N–H and O–H groups in total. The molecule has 23 heavy (non-hydrogen) atoms. The van der Waals surface area contributed by atoms with E-state index in [-0.39, 0.29) is 35.5 Å².